The molecule has 4 aliphatic rings. The van der Waals surface area contributed by atoms with E-state index in [1.807, 2.05) is 43.9 Å². The van der Waals surface area contributed by atoms with E-state index in [0.717, 1.165) is 36.1 Å². The average molecular weight is 688 g/mol. The second kappa shape index (κ2) is 13.9. The summed E-state index contributed by atoms with van der Waals surface area (Å²) in [7, 11) is 0. The molecular weight excluding hydrogens is 641 g/mol. The number of anilines is 1. The molecule has 4 atom stereocenters. The zero-order valence-corrected chi connectivity index (χ0v) is 29.4. The minimum Gasteiger partial charge on any atom is -0.447 e. The number of likely N-dealkylation sites (tertiary alicyclic amines) is 2. The number of piperidine rings is 2. The van der Waals surface area contributed by atoms with Crippen LogP contribution in [0.2, 0.25) is 0 Å². The Morgan fingerprint density at radius 1 is 1.00 bits per heavy atom. The number of hydrogen-bond acceptors (Lipinski definition) is 7. The Morgan fingerprint density at radius 2 is 1.70 bits per heavy atom. The molecule has 2 saturated heterocycles. The first-order valence-electron chi connectivity index (χ1n) is 17.6. The maximum Gasteiger partial charge on any atom is 0.410 e. The Bertz CT molecular complexity index is 1710. The number of amides is 4. The highest BCUT2D eigenvalue weighted by molar-refractivity contribution is 6.02. The van der Waals surface area contributed by atoms with Crippen LogP contribution in [0.4, 0.5) is 19.7 Å². The van der Waals surface area contributed by atoms with E-state index < -0.39 is 35.5 Å². The minimum absolute atomic E-state index is 0.00181. The number of carbonyl (C=O) groups is 4. The quantitative estimate of drug-likeness (QED) is 0.393. The van der Waals surface area contributed by atoms with Gasteiger partial charge in [0, 0.05) is 37.3 Å². The van der Waals surface area contributed by atoms with Crippen molar-refractivity contribution >= 4 is 29.7 Å². The van der Waals surface area contributed by atoms with Crippen molar-refractivity contribution in [3.05, 3.63) is 53.3 Å². The first-order chi connectivity index (χ1) is 23.7. The second-order valence-electron chi connectivity index (χ2n) is 15.2. The van der Waals surface area contributed by atoms with Crippen LogP contribution in [0.1, 0.15) is 77.8 Å². The number of fused-ring (bicyclic) bond motifs is 3. The van der Waals surface area contributed by atoms with E-state index in [1.165, 1.54) is 11.0 Å². The largest absolute Gasteiger partial charge is 0.447 e. The highest BCUT2D eigenvalue weighted by Crippen LogP contribution is 2.43. The Labute approximate surface area is 292 Å². The number of nitrogens with one attached hydrogen (secondary N) is 1. The molecule has 6 rings (SSSR count). The number of rotatable bonds is 7. The number of nitrogens with zero attached hydrogens (tertiary/aromatic N) is 4. The summed E-state index contributed by atoms with van der Waals surface area (Å²) in [5.41, 5.74) is 2.81. The van der Waals surface area contributed by atoms with Gasteiger partial charge in [-0.1, -0.05) is 18.2 Å². The molecule has 12 heteroatoms. The van der Waals surface area contributed by atoms with Crippen LogP contribution < -0.4 is 10.2 Å². The fourth-order valence-electron chi connectivity index (χ4n) is 7.91. The maximum atomic E-state index is 15.5. The van der Waals surface area contributed by atoms with E-state index in [0.29, 0.717) is 31.5 Å². The first-order valence-corrected chi connectivity index (χ1v) is 17.6. The SMILES string of the molecule is CC(C)OC(=O)N1[C@@H]2CC[C@@H](C2)[C@H]1C(=O)N[C@H](C#N)Cc1ccc(-c2ccc3c(c2)CC(=O)N3C2CCN(C(=O)OC(C)(C)C)CC2)cc1F. The van der Waals surface area contributed by atoms with E-state index in [9.17, 15) is 24.4 Å². The van der Waals surface area contributed by atoms with Crippen LogP contribution in [-0.2, 0) is 31.9 Å². The Kier molecular flexibility index (Phi) is 9.80. The molecule has 3 heterocycles. The molecule has 3 fully saturated rings. The van der Waals surface area contributed by atoms with Crippen LogP contribution in [0.5, 0.6) is 0 Å². The van der Waals surface area contributed by atoms with Gasteiger partial charge in [-0.3, -0.25) is 14.5 Å². The van der Waals surface area contributed by atoms with Gasteiger partial charge in [0.1, 0.15) is 23.5 Å². The number of hydrogen-bond donors (Lipinski definition) is 1. The van der Waals surface area contributed by atoms with Crippen LogP contribution >= 0.6 is 0 Å². The maximum absolute atomic E-state index is 15.5. The van der Waals surface area contributed by atoms with Gasteiger partial charge in [-0.05, 0) is 113 Å². The summed E-state index contributed by atoms with van der Waals surface area (Å²) in [4.78, 5) is 56.9. The molecule has 50 heavy (non-hydrogen) atoms. The van der Waals surface area contributed by atoms with Gasteiger partial charge in [-0.2, -0.15) is 5.26 Å². The summed E-state index contributed by atoms with van der Waals surface area (Å²) >= 11 is 0. The first kappa shape index (κ1) is 35.2. The predicted octanol–water partition coefficient (Wildman–Crippen LogP) is 5.73. The van der Waals surface area contributed by atoms with E-state index in [1.54, 1.807) is 30.9 Å². The normalized spacial score (nSPS) is 22.4. The van der Waals surface area contributed by atoms with Crippen LogP contribution in [0, 0.1) is 23.1 Å². The summed E-state index contributed by atoms with van der Waals surface area (Å²) in [5, 5.41) is 12.6. The third-order valence-electron chi connectivity index (χ3n) is 10.1. The number of ether oxygens (including phenoxy) is 2. The monoisotopic (exact) mass is 687 g/mol. The lowest BCUT2D eigenvalue weighted by atomic mass is 9.96. The van der Waals surface area contributed by atoms with E-state index in [2.05, 4.69) is 11.4 Å². The van der Waals surface area contributed by atoms with Gasteiger partial charge in [0.05, 0.1) is 18.6 Å². The van der Waals surface area contributed by atoms with Crippen LogP contribution in [0.25, 0.3) is 11.1 Å². The molecule has 2 bridgehead atoms. The number of carbonyl (C=O) groups excluding carboxylic acids is 4. The predicted molar refractivity (Wildman–Crippen MR) is 183 cm³/mol. The van der Waals surface area contributed by atoms with Crippen molar-refractivity contribution in [3.8, 4) is 17.2 Å². The number of halogens is 1. The second-order valence-corrected chi connectivity index (χ2v) is 15.2. The van der Waals surface area contributed by atoms with Crippen LogP contribution in [0.3, 0.4) is 0 Å². The van der Waals surface area contributed by atoms with Crippen LogP contribution in [-0.4, -0.2) is 82.8 Å². The standard InChI is InChI=1S/C38H46FN5O6/c1-22(2)49-37(48)44-30-10-8-26(18-30)34(44)35(46)41-28(21-40)17-25-7-6-24(19-31(25)39)23-9-11-32-27(16-23)20-33(45)43(32)29-12-14-42(15-13-29)36(47)50-38(3,4)5/h6-7,9,11,16,19,22,26,28-30,34H,8,10,12-15,17-18,20H2,1-5H3,(H,41,46)/t26-,28-,30+,34-/m0/s1. The molecule has 2 aromatic rings. The summed E-state index contributed by atoms with van der Waals surface area (Å²) in [5.74, 6) is -0.919. The van der Waals surface area contributed by atoms with Crippen LogP contribution in [0.15, 0.2) is 36.4 Å². The van der Waals surface area contributed by atoms with Gasteiger partial charge in [0.2, 0.25) is 11.8 Å². The number of benzene rings is 2. The molecule has 0 spiro atoms. The molecule has 1 N–H and O–H groups in total. The van der Waals surface area contributed by atoms with Crippen molar-refractivity contribution in [1.82, 2.24) is 15.1 Å². The molecular formula is C38H46FN5O6. The van der Waals surface area contributed by atoms with Gasteiger partial charge in [-0.25, -0.2) is 14.0 Å². The van der Waals surface area contributed by atoms with Gasteiger partial charge in [0.25, 0.3) is 0 Å². The van der Waals surface area contributed by atoms with E-state index >= 15 is 4.39 Å². The highest BCUT2D eigenvalue weighted by atomic mass is 19.1. The lowest BCUT2D eigenvalue weighted by Crippen LogP contribution is -2.55. The Hall–Kier alpha value is -4.66. The van der Waals surface area contributed by atoms with Crippen molar-refractivity contribution in [3.63, 3.8) is 0 Å². The fraction of sp³-hybridized carbons (Fsp3) is 0.553. The summed E-state index contributed by atoms with van der Waals surface area (Å²) in [6.45, 7) is 10.0. The molecule has 4 amide bonds. The highest BCUT2D eigenvalue weighted by Gasteiger charge is 2.52. The Balaban J connectivity index is 1.09. The Morgan fingerprint density at radius 3 is 2.36 bits per heavy atom. The lowest BCUT2D eigenvalue weighted by molar-refractivity contribution is -0.128. The van der Waals surface area contributed by atoms with Crippen molar-refractivity contribution in [2.75, 3.05) is 18.0 Å². The van der Waals surface area contributed by atoms with Gasteiger partial charge in [0.15, 0.2) is 0 Å². The molecule has 266 valence electrons. The third kappa shape index (κ3) is 7.28. The summed E-state index contributed by atoms with van der Waals surface area (Å²) in [6.07, 6.45) is 2.69. The summed E-state index contributed by atoms with van der Waals surface area (Å²) < 4.78 is 26.4. The lowest BCUT2D eigenvalue weighted by Gasteiger charge is -2.37. The molecule has 1 saturated carbocycles. The molecule has 3 aliphatic heterocycles. The molecule has 11 nitrogen and oxygen atoms in total. The van der Waals surface area contributed by atoms with E-state index in [-0.39, 0.29) is 54.5 Å². The molecule has 0 radical (unpaired) electrons. The fourth-order valence-corrected chi connectivity index (χ4v) is 7.91. The smallest absolute Gasteiger partial charge is 0.410 e. The minimum atomic E-state index is -0.988. The van der Waals surface area contributed by atoms with E-state index in [4.69, 9.17) is 9.47 Å². The summed E-state index contributed by atoms with van der Waals surface area (Å²) in [6, 6.07) is 10.8. The van der Waals surface area contributed by atoms with Crippen molar-refractivity contribution in [1.29, 1.82) is 5.26 Å². The van der Waals surface area contributed by atoms with Crippen molar-refractivity contribution < 1.29 is 33.0 Å². The molecule has 0 aromatic heterocycles. The molecule has 1 aliphatic carbocycles. The third-order valence-corrected chi connectivity index (χ3v) is 10.1. The molecule has 0 unspecified atom stereocenters. The van der Waals surface area contributed by atoms with Gasteiger partial charge < -0.3 is 24.6 Å². The zero-order chi connectivity index (χ0) is 35.9. The van der Waals surface area contributed by atoms with Gasteiger partial charge in [-0.15, -0.1) is 0 Å². The molecule has 2 aromatic carbocycles. The van der Waals surface area contributed by atoms with Crippen molar-refractivity contribution in [2.24, 2.45) is 5.92 Å². The number of nitriles is 1. The average Bonchev–Trinajstić information content (AvgIpc) is 3.76. The van der Waals surface area contributed by atoms with Crippen molar-refractivity contribution in [2.45, 2.75) is 115 Å². The topological polar surface area (TPSA) is 132 Å². The zero-order valence-electron chi connectivity index (χ0n) is 29.4. The van der Waals surface area contributed by atoms with Gasteiger partial charge >= 0.3 is 12.2 Å².